The van der Waals surface area contributed by atoms with Gasteiger partial charge in [-0.25, -0.2) is 0 Å². The van der Waals surface area contributed by atoms with Crippen LogP contribution in [0.3, 0.4) is 0 Å². The molecule has 19 heavy (non-hydrogen) atoms. The van der Waals surface area contributed by atoms with Crippen molar-refractivity contribution in [3.63, 3.8) is 0 Å². The Morgan fingerprint density at radius 1 is 1.26 bits per heavy atom. The van der Waals surface area contributed by atoms with Crippen molar-refractivity contribution in [3.8, 4) is 0 Å². The normalized spacial score (nSPS) is 20.4. The van der Waals surface area contributed by atoms with Gasteiger partial charge in [0, 0.05) is 11.6 Å². The number of aryl methyl sites for hydroxylation is 1. The van der Waals surface area contributed by atoms with E-state index in [1.54, 1.807) is 0 Å². The largest absolute Gasteiger partial charge is 0.293 e. The van der Waals surface area contributed by atoms with Crippen molar-refractivity contribution in [3.05, 3.63) is 35.4 Å². The van der Waals surface area contributed by atoms with Crippen LogP contribution in [-0.4, -0.2) is 29.8 Å². The van der Waals surface area contributed by atoms with Crippen LogP contribution in [0.4, 0.5) is 0 Å². The number of likely N-dealkylation sites (tertiary alicyclic amines) is 1. The molecule has 1 heterocycles. The lowest BCUT2D eigenvalue weighted by atomic mass is 9.97. The lowest BCUT2D eigenvalue weighted by Crippen LogP contribution is -2.42. The highest BCUT2D eigenvalue weighted by Crippen LogP contribution is 2.21. The molecule has 0 spiro atoms. The van der Waals surface area contributed by atoms with Gasteiger partial charge in [-0.15, -0.1) is 0 Å². The maximum Gasteiger partial charge on any atom is 0.176 e. The van der Waals surface area contributed by atoms with Gasteiger partial charge in [0.25, 0.3) is 0 Å². The van der Waals surface area contributed by atoms with Gasteiger partial charge < -0.3 is 0 Å². The Morgan fingerprint density at radius 2 is 2.00 bits per heavy atom. The van der Waals surface area contributed by atoms with E-state index in [9.17, 15) is 4.79 Å². The van der Waals surface area contributed by atoms with Gasteiger partial charge in [-0.05, 0) is 32.7 Å². The topological polar surface area (TPSA) is 20.3 Å². The van der Waals surface area contributed by atoms with Gasteiger partial charge in [0.15, 0.2) is 5.78 Å². The number of rotatable bonds is 5. The van der Waals surface area contributed by atoms with E-state index in [1.165, 1.54) is 37.7 Å². The Hall–Kier alpha value is -1.15. The zero-order valence-electron chi connectivity index (χ0n) is 12.2. The van der Waals surface area contributed by atoms with Gasteiger partial charge in [-0.3, -0.25) is 9.69 Å². The van der Waals surface area contributed by atoms with E-state index in [4.69, 9.17) is 0 Å². The summed E-state index contributed by atoms with van der Waals surface area (Å²) >= 11 is 0. The minimum Gasteiger partial charge on any atom is -0.293 e. The van der Waals surface area contributed by atoms with Crippen molar-refractivity contribution in [1.29, 1.82) is 0 Å². The SMILES string of the molecule is CCCC1CCCCN1CC(=O)c1ccc(C)cc1. The molecule has 1 unspecified atom stereocenters. The van der Waals surface area contributed by atoms with E-state index >= 15 is 0 Å². The molecule has 1 atom stereocenters. The van der Waals surface area contributed by atoms with Gasteiger partial charge >= 0.3 is 0 Å². The second-order valence-electron chi connectivity index (χ2n) is 5.70. The van der Waals surface area contributed by atoms with Gasteiger partial charge in [0.1, 0.15) is 0 Å². The summed E-state index contributed by atoms with van der Waals surface area (Å²) < 4.78 is 0. The fraction of sp³-hybridized carbons (Fsp3) is 0.588. The van der Waals surface area contributed by atoms with Gasteiger partial charge in [0.2, 0.25) is 0 Å². The molecule has 0 aliphatic carbocycles. The van der Waals surface area contributed by atoms with Gasteiger partial charge in [-0.1, -0.05) is 49.6 Å². The van der Waals surface area contributed by atoms with Crippen LogP contribution in [0.5, 0.6) is 0 Å². The number of nitrogens with zero attached hydrogens (tertiary/aromatic N) is 1. The average molecular weight is 259 g/mol. The van der Waals surface area contributed by atoms with Crippen molar-refractivity contribution in [2.75, 3.05) is 13.1 Å². The molecule has 1 aromatic carbocycles. The molecule has 0 aromatic heterocycles. The molecular formula is C17H25NO. The third-order valence-electron chi connectivity index (χ3n) is 4.09. The van der Waals surface area contributed by atoms with Crippen molar-refractivity contribution in [1.82, 2.24) is 4.90 Å². The Balaban J connectivity index is 1.98. The molecule has 1 saturated heterocycles. The minimum absolute atomic E-state index is 0.267. The van der Waals surface area contributed by atoms with E-state index in [2.05, 4.69) is 18.7 Å². The molecule has 1 fully saturated rings. The molecule has 0 radical (unpaired) electrons. The summed E-state index contributed by atoms with van der Waals surface area (Å²) in [7, 11) is 0. The number of Topliss-reactive ketones (excluding diaryl/α,β-unsaturated/α-hetero) is 1. The van der Waals surface area contributed by atoms with Crippen LogP contribution in [0.25, 0.3) is 0 Å². The Morgan fingerprint density at radius 3 is 2.68 bits per heavy atom. The van der Waals surface area contributed by atoms with E-state index in [-0.39, 0.29) is 5.78 Å². The molecule has 104 valence electrons. The molecule has 1 aliphatic heterocycles. The quantitative estimate of drug-likeness (QED) is 0.749. The number of piperidine rings is 1. The number of hydrogen-bond donors (Lipinski definition) is 0. The average Bonchev–Trinajstić information content (AvgIpc) is 2.42. The first-order chi connectivity index (χ1) is 9.20. The smallest absolute Gasteiger partial charge is 0.176 e. The molecule has 0 amide bonds. The predicted octanol–water partition coefficient (Wildman–Crippen LogP) is 3.83. The maximum absolute atomic E-state index is 12.3. The fourth-order valence-corrected chi connectivity index (χ4v) is 2.94. The third-order valence-corrected chi connectivity index (χ3v) is 4.09. The minimum atomic E-state index is 0.267. The highest BCUT2D eigenvalue weighted by Gasteiger charge is 2.23. The molecule has 2 heteroatoms. The number of ketones is 1. The van der Waals surface area contributed by atoms with Crippen molar-refractivity contribution in [2.24, 2.45) is 0 Å². The van der Waals surface area contributed by atoms with Crippen LogP contribution in [0, 0.1) is 6.92 Å². The highest BCUT2D eigenvalue weighted by atomic mass is 16.1. The van der Waals surface area contributed by atoms with Gasteiger partial charge in [0.05, 0.1) is 6.54 Å². The van der Waals surface area contributed by atoms with Crippen LogP contribution >= 0.6 is 0 Å². The van der Waals surface area contributed by atoms with Gasteiger partial charge in [-0.2, -0.15) is 0 Å². The Kier molecular flexibility index (Phi) is 5.15. The zero-order valence-corrected chi connectivity index (χ0v) is 12.2. The summed E-state index contributed by atoms with van der Waals surface area (Å²) in [6.45, 7) is 5.96. The van der Waals surface area contributed by atoms with Crippen LogP contribution < -0.4 is 0 Å². The van der Waals surface area contributed by atoms with Crippen LogP contribution in [0.15, 0.2) is 24.3 Å². The molecule has 0 bridgehead atoms. The van der Waals surface area contributed by atoms with Crippen LogP contribution in [-0.2, 0) is 0 Å². The maximum atomic E-state index is 12.3. The van der Waals surface area contributed by atoms with Crippen LogP contribution in [0.2, 0.25) is 0 Å². The van der Waals surface area contributed by atoms with E-state index in [1.807, 2.05) is 24.3 Å². The Bertz CT molecular complexity index is 408. The molecule has 2 rings (SSSR count). The summed E-state index contributed by atoms with van der Waals surface area (Å²) in [4.78, 5) is 14.7. The van der Waals surface area contributed by atoms with E-state index in [0.717, 1.165) is 12.1 Å². The lowest BCUT2D eigenvalue weighted by Gasteiger charge is -2.35. The molecule has 0 saturated carbocycles. The number of benzene rings is 1. The van der Waals surface area contributed by atoms with Crippen molar-refractivity contribution >= 4 is 5.78 Å². The van der Waals surface area contributed by atoms with Crippen molar-refractivity contribution < 1.29 is 4.79 Å². The molecule has 1 aliphatic rings. The number of carbonyl (C=O) groups excluding carboxylic acids is 1. The Labute approximate surface area is 116 Å². The van der Waals surface area contributed by atoms with Crippen LogP contribution in [0.1, 0.15) is 54.9 Å². The third kappa shape index (κ3) is 3.90. The summed E-state index contributed by atoms with van der Waals surface area (Å²) in [5.74, 6) is 0.267. The molecule has 2 nitrogen and oxygen atoms in total. The first-order valence-electron chi connectivity index (χ1n) is 7.54. The lowest BCUT2D eigenvalue weighted by molar-refractivity contribution is 0.0831. The molecule has 0 N–H and O–H groups in total. The summed E-state index contributed by atoms with van der Waals surface area (Å²) in [6.07, 6.45) is 6.25. The number of hydrogen-bond acceptors (Lipinski definition) is 2. The first-order valence-corrected chi connectivity index (χ1v) is 7.54. The monoisotopic (exact) mass is 259 g/mol. The molecular weight excluding hydrogens is 234 g/mol. The molecule has 1 aromatic rings. The van der Waals surface area contributed by atoms with E-state index in [0.29, 0.717) is 12.6 Å². The number of carbonyl (C=O) groups is 1. The highest BCUT2D eigenvalue weighted by molar-refractivity contribution is 5.97. The summed E-state index contributed by atoms with van der Waals surface area (Å²) in [5.41, 5.74) is 2.06. The fourth-order valence-electron chi connectivity index (χ4n) is 2.94. The predicted molar refractivity (Wildman–Crippen MR) is 79.6 cm³/mol. The summed E-state index contributed by atoms with van der Waals surface area (Å²) in [6, 6.07) is 8.57. The zero-order chi connectivity index (χ0) is 13.7. The van der Waals surface area contributed by atoms with E-state index < -0.39 is 0 Å². The van der Waals surface area contributed by atoms with Crippen molar-refractivity contribution in [2.45, 2.75) is 52.0 Å². The summed E-state index contributed by atoms with van der Waals surface area (Å²) in [5, 5.41) is 0. The standard InChI is InChI=1S/C17H25NO/c1-3-6-16-7-4-5-12-18(16)13-17(19)15-10-8-14(2)9-11-15/h8-11,16H,3-7,12-13H2,1-2H3. The first kappa shape index (κ1) is 14.3. The second kappa shape index (κ2) is 6.85. The second-order valence-corrected chi connectivity index (χ2v) is 5.70.